The molecule has 0 aliphatic carbocycles. The molecule has 180 valence electrons. The Bertz CT molecular complexity index is 896. The van der Waals surface area contributed by atoms with Crippen molar-refractivity contribution in [1.29, 1.82) is 10.8 Å². The second-order valence-electron chi connectivity index (χ2n) is 8.04. The molecule has 1 saturated heterocycles. The van der Waals surface area contributed by atoms with Crippen molar-refractivity contribution < 1.29 is 9.47 Å². The number of ether oxygens (including phenoxy) is 2. The van der Waals surface area contributed by atoms with Gasteiger partial charge in [0.05, 0.1) is 0 Å². The lowest BCUT2D eigenvalue weighted by Gasteiger charge is -2.33. The van der Waals surface area contributed by atoms with Gasteiger partial charge in [-0.05, 0) is 48.5 Å². The standard InChI is InChI=1S/C26H34N6O2/c27-25(28)21-5-9-23(10-6-21)33-19-3-1-13-31-15-17-32(18-16-31)14-2-4-20-34-24-11-7-22(8-12-24)26(29)30/h1-12H,13-20H2,(H3,27,28)(H3,29,30). The van der Waals surface area contributed by atoms with Gasteiger partial charge in [-0.3, -0.25) is 20.6 Å². The van der Waals surface area contributed by atoms with Gasteiger partial charge in [-0.25, -0.2) is 0 Å². The van der Waals surface area contributed by atoms with Gasteiger partial charge >= 0.3 is 0 Å². The fourth-order valence-corrected chi connectivity index (χ4v) is 3.49. The molecule has 1 heterocycles. The molecule has 8 heteroatoms. The third-order valence-electron chi connectivity index (χ3n) is 5.55. The van der Waals surface area contributed by atoms with E-state index in [9.17, 15) is 0 Å². The SMILES string of the molecule is N=C(N)c1ccc(OCC=CCN2CCN(CC=CCOc3ccc(C(=N)N)cc3)CC2)cc1. The van der Waals surface area contributed by atoms with Crippen molar-refractivity contribution in [3.63, 3.8) is 0 Å². The maximum Gasteiger partial charge on any atom is 0.122 e. The van der Waals surface area contributed by atoms with Crippen molar-refractivity contribution in [3.8, 4) is 11.5 Å². The predicted molar refractivity (Wildman–Crippen MR) is 137 cm³/mol. The molecular formula is C26H34N6O2. The van der Waals surface area contributed by atoms with Crippen molar-refractivity contribution in [1.82, 2.24) is 9.80 Å². The number of nitrogens with zero attached hydrogens (tertiary/aromatic N) is 2. The van der Waals surface area contributed by atoms with Crippen LogP contribution < -0.4 is 20.9 Å². The van der Waals surface area contributed by atoms with Gasteiger partial charge in [0.1, 0.15) is 36.4 Å². The Morgan fingerprint density at radius 1 is 0.647 bits per heavy atom. The second-order valence-corrected chi connectivity index (χ2v) is 8.04. The molecule has 0 amide bonds. The number of benzene rings is 2. The largest absolute Gasteiger partial charge is 0.490 e. The van der Waals surface area contributed by atoms with E-state index in [1.807, 2.05) is 36.4 Å². The maximum atomic E-state index is 7.41. The van der Waals surface area contributed by atoms with E-state index in [2.05, 4.69) is 22.0 Å². The van der Waals surface area contributed by atoms with Crippen molar-refractivity contribution in [3.05, 3.63) is 84.0 Å². The highest BCUT2D eigenvalue weighted by Gasteiger charge is 2.14. The summed E-state index contributed by atoms with van der Waals surface area (Å²) in [7, 11) is 0. The molecule has 0 radical (unpaired) electrons. The van der Waals surface area contributed by atoms with Crippen LogP contribution >= 0.6 is 0 Å². The Morgan fingerprint density at radius 3 is 1.32 bits per heavy atom. The summed E-state index contributed by atoms with van der Waals surface area (Å²) in [6.45, 7) is 7.07. The molecule has 0 bridgehead atoms. The third-order valence-corrected chi connectivity index (χ3v) is 5.55. The van der Waals surface area contributed by atoms with E-state index in [0.29, 0.717) is 24.3 Å². The summed E-state index contributed by atoms with van der Waals surface area (Å²) in [4.78, 5) is 4.87. The average molecular weight is 463 g/mol. The fraction of sp³-hybridized carbons (Fsp3) is 0.308. The first-order valence-corrected chi connectivity index (χ1v) is 11.4. The lowest BCUT2D eigenvalue weighted by atomic mass is 10.2. The van der Waals surface area contributed by atoms with Crippen LogP contribution in [0.15, 0.2) is 72.8 Å². The Kier molecular flexibility index (Phi) is 9.69. The van der Waals surface area contributed by atoms with Gasteiger partial charge in [0.25, 0.3) is 0 Å². The van der Waals surface area contributed by atoms with Crippen molar-refractivity contribution in [2.45, 2.75) is 0 Å². The lowest BCUT2D eigenvalue weighted by Crippen LogP contribution is -2.46. The van der Waals surface area contributed by atoms with Gasteiger partial charge < -0.3 is 20.9 Å². The van der Waals surface area contributed by atoms with E-state index < -0.39 is 0 Å². The number of nitrogen functional groups attached to an aromatic ring is 2. The minimum absolute atomic E-state index is 0.0607. The molecule has 0 spiro atoms. The molecular weight excluding hydrogens is 428 g/mol. The van der Waals surface area contributed by atoms with E-state index in [4.69, 9.17) is 31.8 Å². The Hall–Kier alpha value is -3.62. The second kappa shape index (κ2) is 13.2. The van der Waals surface area contributed by atoms with Crippen LogP contribution in [0.4, 0.5) is 0 Å². The van der Waals surface area contributed by atoms with Crippen LogP contribution in [0.2, 0.25) is 0 Å². The topological polar surface area (TPSA) is 125 Å². The van der Waals surface area contributed by atoms with Gasteiger partial charge in [-0.1, -0.05) is 24.3 Å². The van der Waals surface area contributed by atoms with E-state index in [-0.39, 0.29) is 11.7 Å². The quantitative estimate of drug-likeness (QED) is 0.218. The summed E-state index contributed by atoms with van der Waals surface area (Å²) in [6.07, 6.45) is 8.39. The first-order chi connectivity index (χ1) is 16.5. The van der Waals surface area contributed by atoms with E-state index >= 15 is 0 Å². The highest BCUT2D eigenvalue weighted by Crippen LogP contribution is 2.12. The van der Waals surface area contributed by atoms with Crippen LogP contribution in [0.3, 0.4) is 0 Å². The monoisotopic (exact) mass is 462 g/mol. The van der Waals surface area contributed by atoms with Gasteiger partial charge in [-0.15, -0.1) is 0 Å². The summed E-state index contributed by atoms with van der Waals surface area (Å²) in [5.41, 5.74) is 12.3. The molecule has 1 aliphatic rings. The zero-order chi connectivity index (χ0) is 24.2. The van der Waals surface area contributed by atoms with Gasteiger partial charge in [-0.2, -0.15) is 0 Å². The summed E-state index contributed by atoms with van der Waals surface area (Å²) < 4.78 is 11.4. The van der Waals surface area contributed by atoms with Crippen LogP contribution in [-0.4, -0.2) is 74.0 Å². The molecule has 0 saturated carbocycles. The highest BCUT2D eigenvalue weighted by atomic mass is 16.5. The smallest absolute Gasteiger partial charge is 0.122 e. The van der Waals surface area contributed by atoms with E-state index in [1.165, 1.54) is 0 Å². The van der Waals surface area contributed by atoms with Gasteiger partial charge in [0.2, 0.25) is 0 Å². The molecule has 0 aromatic heterocycles. The number of nitrogens with two attached hydrogens (primary N) is 2. The lowest BCUT2D eigenvalue weighted by molar-refractivity contribution is 0.153. The first-order valence-electron chi connectivity index (χ1n) is 11.4. The summed E-state index contributed by atoms with van der Waals surface area (Å²) >= 11 is 0. The fourth-order valence-electron chi connectivity index (χ4n) is 3.49. The van der Waals surface area contributed by atoms with Crippen molar-refractivity contribution in [2.75, 3.05) is 52.5 Å². The van der Waals surface area contributed by atoms with Gasteiger partial charge in [0, 0.05) is 50.4 Å². The number of piperazine rings is 1. The normalized spacial score (nSPS) is 15.1. The first kappa shape index (κ1) is 25.0. The maximum absolute atomic E-state index is 7.41. The average Bonchev–Trinajstić information content (AvgIpc) is 2.85. The number of nitrogens with one attached hydrogen (secondary N) is 2. The van der Waals surface area contributed by atoms with E-state index in [0.717, 1.165) is 50.8 Å². The predicted octanol–water partition coefficient (Wildman–Crippen LogP) is 2.44. The number of hydrogen-bond donors (Lipinski definition) is 4. The minimum Gasteiger partial charge on any atom is -0.490 e. The Balaban J connectivity index is 1.25. The van der Waals surface area contributed by atoms with Crippen molar-refractivity contribution >= 4 is 11.7 Å². The number of amidine groups is 2. The zero-order valence-corrected chi connectivity index (χ0v) is 19.5. The van der Waals surface area contributed by atoms with Crippen molar-refractivity contribution in [2.24, 2.45) is 11.5 Å². The molecule has 3 rings (SSSR count). The molecule has 0 atom stereocenters. The molecule has 8 nitrogen and oxygen atoms in total. The summed E-state index contributed by atoms with van der Waals surface area (Å²) in [5.74, 6) is 1.66. The van der Waals surface area contributed by atoms with Gasteiger partial charge in [0.15, 0.2) is 0 Å². The minimum atomic E-state index is 0.0607. The molecule has 2 aromatic rings. The van der Waals surface area contributed by atoms with Crippen LogP contribution in [-0.2, 0) is 0 Å². The zero-order valence-electron chi connectivity index (χ0n) is 19.5. The van der Waals surface area contributed by atoms with Crippen LogP contribution in [0.25, 0.3) is 0 Å². The van der Waals surface area contributed by atoms with Crippen LogP contribution in [0.1, 0.15) is 11.1 Å². The Morgan fingerprint density at radius 2 is 1.00 bits per heavy atom. The van der Waals surface area contributed by atoms with Crippen LogP contribution in [0, 0.1) is 10.8 Å². The Labute approximate surface area is 201 Å². The molecule has 2 aromatic carbocycles. The molecule has 34 heavy (non-hydrogen) atoms. The molecule has 1 aliphatic heterocycles. The molecule has 0 unspecified atom stereocenters. The third kappa shape index (κ3) is 8.38. The number of rotatable bonds is 12. The number of hydrogen-bond acceptors (Lipinski definition) is 6. The summed E-state index contributed by atoms with van der Waals surface area (Å²) in [5, 5.41) is 14.8. The highest BCUT2D eigenvalue weighted by molar-refractivity contribution is 5.95. The van der Waals surface area contributed by atoms with E-state index in [1.54, 1.807) is 24.3 Å². The van der Waals surface area contributed by atoms with Crippen LogP contribution in [0.5, 0.6) is 11.5 Å². The summed E-state index contributed by atoms with van der Waals surface area (Å²) in [6, 6.07) is 14.5. The molecule has 6 N–H and O–H groups in total. The molecule has 1 fully saturated rings.